The highest BCUT2D eigenvalue weighted by molar-refractivity contribution is 6.10. The highest BCUT2D eigenvalue weighted by Crippen LogP contribution is 2.21. The van der Waals surface area contributed by atoms with E-state index in [9.17, 15) is 9.59 Å². The summed E-state index contributed by atoms with van der Waals surface area (Å²) in [6, 6.07) is 11.3. The molecule has 2 aromatic carbocycles. The smallest absolute Gasteiger partial charge is 0.160 e. The number of hydrogen-bond donors (Lipinski definition) is 0. The molecule has 0 radical (unpaired) electrons. The zero-order valence-electron chi connectivity index (χ0n) is 9.28. The van der Waals surface area contributed by atoms with Crippen LogP contribution >= 0.6 is 0 Å². The third kappa shape index (κ3) is 1.74. The van der Waals surface area contributed by atoms with Gasteiger partial charge in [0.2, 0.25) is 0 Å². The van der Waals surface area contributed by atoms with E-state index in [0.717, 1.165) is 10.8 Å². The number of hydrogen-bond acceptors (Lipinski definition) is 2. The van der Waals surface area contributed by atoms with Crippen molar-refractivity contribution < 1.29 is 9.59 Å². The number of fused-ring (bicyclic) bond motifs is 1. The van der Waals surface area contributed by atoms with Gasteiger partial charge in [0, 0.05) is 11.1 Å². The average molecular weight is 212 g/mol. The zero-order chi connectivity index (χ0) is 11.7. The van der Waals surface area contributed by atoms with Crippen LogP contribution in [0.2, 0.25) is 0 Å². The lowest BCUT2D eigenvalue weighted by Gasteiger charge is -2.06. The van der Waals surface area contributed by atoms with E-state index in [1.165, 1.54) is 13.8 Å². The van der Waals surface area contributed by atoms with E-state index in [1.54, 1.807) is 12.1 Å². The predicted molar refractivity (Wildman–Crippen MR) is 64.0 cm³/mol. The molecule has 0 aliphatic carbocycles. The van der Waals surface area contributed by atoms with E-state index < -0.39 is 0 Å². The number of benzene rings is 2. The van der Waals surface area contributed by atoms with Gasteiger partial charge in [-0.25, -0.2) is 0 Å². The highest BCUT2D eigenvalue weighted by Gasteiger charge is 2.12. The summed E-state index contributed by atoms with van der Waals surface area (Å²) in [5.41, 5.74) is 1.01. The summed E-state index contributed by atoms with van der Waals surface area (Å²) in [4.78, 5) is 22.9. The molecule has 0 aromatic heterocycles. The van der Waals surface area contributed by atoms with Crippen LogP contribution in [-0.2, 0) is 0 Å². The number of Topliss-reactive ketones (excluding diaryl/α,β-unsaturated/α-hetero) is 2. The van der Waals surface area contributed by atoms with Gasteiger partial charge in [-0.1, -0.05) is 24.3 Å². The number of carbonyl (C=O) groups is 2. The molecular weight excluding hydrogens is 200 g/mol. The van der Waals surface area contributed by atoms with Gasteiger partial charge in [-0.05, 0) is 36.8 Å². The maximum absolute atomic E-state index is 11.5. The predicted octanol–water partition coefficient (Wildman–Crippen LogP) is 3.25. The van der Waals surface area contributed by atoms with E-state index in [1.807, 2.05) is 24.3 Å². The summed E-state index contributed by atoms with van der Waals surface area (Å²) in [5, 5.41) is 1.97. The minimum absolute atomic E-state index is 0.0732. The van der Waals surface area contributed by atoms with E-state index >= 15 is 0 Å². The summed E-state index contributed by atoms with van der Waals surface area (Å²) in [6.07, 6.45) is 0. The SMILES string of the molecule is CC(=O)c1cc2ccccc2cc1C(C)=O. The van der Waals surface area contributed by atoms with Gasteiger partial charge in [0.1, 0.15) is 0 Å². The van der Waals surface area contributed by atoms with E-state index in [4.69, 9.17) is 0 Å². The van der Waals surface area contributed by atoms with Crippen molar-refractivity contribution in [2.45, 2.75) is 13.8 Å². The maximum atomic E-state index is 11.5. The number of ketones is 2. The van der Waals surface area contributed by atoms with Gasteiger partial charge in [-0.2, -0.15) is 0 Å². The molecule has 0 aliphatic heterocycles. The van der Waals surface area contributed by atoms with Crippen LogP contribution < -0.4 is 0 Å². The number of carbonyl (C=O) groups excluding carboxylic acids is 2. The summed E-state index contributed by atoms with van der Waals surface area (Å²) in [5.74, 6) is -0.146. The average Bonchev–Trinajstić information content (AvgIpc) is 2.27. The van der Waals surface area contributed by atoms with Crippen LogP contribution in [0.25, 0.3) is 10.8 Å². The van der Waals surface area contributed by atoms with Crippen LogP contribution in [0.1, 0.15) is 34.6 Å². The summed E-state index contributed by atoms with van der Waals surface area (Å²) < 4.78 is 0. The lowest BCUT2D eigenvalue weighted by Crippen LogP contribution is -2.03. The highest BCUT2D eigenvalue weighted by atomic mass is 16.1. The van der Waals surface area contributed by atoms with Crippen molar-refractivity contribution in [3.63, 3.8) is 0 Å². The molecule has 2 aromatic rings. The maximum Gasteiger partial charge on any atom is 0.160 e. The number of rotatable bonds is 2. The van der Waals surface area contributed by atoms with Gasteiger partial charge in [-0.15, -0.1) is 0 Å². The van der Waals surface area contributed by atoms with Gasteiger partial charge < -0.3 is 0 Å². The van der Waals surface area contributed by atoms with Crippen LogP contribution in [0.3, 0.4) is 0 Å². The summed E-state index contributed by atoms with van der Waals surface area (Å²) >= 11 is 0. The molecule has 80 valence electrons. The Labute approximate surface area is 93.9 Å². The largest absolute Gasteiger partial charge is 0.294 e. The first-order chi connectivity index (χ1) is 7.59. The minimum atomic E-state index is -0.0732. The first-order valence-corrected chi connectivity index (χ1v) is 5.14. The Bertz CT molecular complexity index is 530. The van der Waals surface area contributed by atoms with Crippen molar-refractivity contribution in [2.24, 2.45) is 0 Å². The van der Waals surface area contributed by atoms with Crippen LogP contribution in [0.5, 0.6) is 0 Å². The Hall–Kier alpha value is -1.96. The van der Waals surface area contributed by atoms with E-state index in [0.29, 0.717) is 11.1 Å². The molecule has 0 atom stereocenters. The van der Waals surface area contributed by atoms with Crippen molar-refractivity contribution in [3.05, 3.63) is 47.5 Å². The fourth-order valence-corrected chi connectivity index (χ4v) is 1.82. The molecule has 0 bridgehead atoms. The Morgan fingerprint density at radius 3 is 1.50 bits per heavy atom. The molecule has 0 heterocycles. The molecule has 0 spiro atoms. The monoisotopic (exact) mass is 212 g/mol. The van der Waals surface area contributed by atoms with Crippen molar-refractivity contribution >= 4 is 22.3 Å². The van der Waals surface area contributed by atoms with Crippen molar-refractivity contribution in [2.75, 3.05) is 0 Å². The minimum Gasteiger partial charge on any atom is -0.294 e. The Kier molecular flexibility index (Phi) is 2.57. The normalized spacial score (nSPS) is 10.4. The second-order valence-corrected chi connectivity index (χ2v) is 3.86. The quantitative estimate of drug-likeness (QED) is 0.716. The Morgan fingerprint density at radius 1 is 0.812 bits per heavy atom. The molecule has 2 rings (SSSR count). The fourth-order valence-electron chi connectivity index (χ4n) is 1.82. The molecule has 16 heavy (non-hydrogen) atoms. The molecule has 2 heteroatoms. The summed E-state index contributed by atoms with van der Waals surface area (Å²) in [7, 11) is 0. The van der Waals surface area contributed by atoms with Crippen molar-refractivity contribution in [1.29, 1.82) is 0 Å². The van der Waals surface area contributed by atoms with E-state index in [2.05, 4.69) is 0 Å². The van der Waals surface area contributed by atoms with Gasteiger partial charge in [0.15, 0.2) is 11.6 Å². The topological polar surface area (TPSA) is 34.1 Å². The van der Waals surface area contributed by atoms with Gasteiger partial charge in [0.05, 0.1) is 0 Å². The Balaban J connectivity index is 2.81. The standard InChI is InChI=1S/C14H12O2/c1-9(15)13-7-11-5-3-4-6-12(11)8-14(13)10(2)16/h3-8H,1-2H3. The molecular formula is C14H12O2. The molecule has 0 aliphatic rings. The molecule has 0 N–H and O–H groups in total. The first kappa shape index (κ1) is 10.6. The first-order valence-electron chi connectivity index (χ1n) is 5.14. The summed E-state index contributed by atoms with van der Waals surface area (Å²) in [6.45, 7) is 2.97. The lowest BCUT2D eigenvalue weighted by molar-refractivity contribution is 0.0981. The van der Waals surface area contributed by atoms with Crippen LogP contribution in [-0.4, -0.2) is 11.6 Å². The van der Waals surface area contributed by atoms with Gasteiger partial charge in [0.25, 0.3) is 0 Å². The molecule has 2 nitrogen and oxygen atoms in total. The molecule has 0 unspecified atom stereocenters. The van der Waals surface area contributed by atoms with E-state index in [-0.39, 0.29) is 11.6 Å². The fraction of sp³-hybridized carbons (Fsp3) is 0.143. The second-order valence-electron chi connectivity index (χ2n) is 3.86. The van der Waals surface area contributed by atoms with Crippen molar-refractivity contribution in [3.8, 4) is 0 Å². The van der Waals surface area contributed by atoms with Gasteiger partial charge >= 0.3 is 0 Å². The van der Waals surface area contributed by atoms with Gasteiger partial charge in [-0.3, -0.25) is 9.59 Å². The Morgan fingerprint density at radius 2 is 1.19 bits per heavy atom. The zero-order valence-corrected chi connectivity index (χ0v) is 9.28. The lowest BCUT2D eigenvalue weighted by atomic mass is 9.96. The third-order valence-electron chi connectivity index (χ3n) is 2.64. The molecule has 0 saturated heterocycles. The van der Waals surface area contributed by atoms with Crippen LogP contribution in [0.15, 0.2) is 36.4 Å². The van der Waals surface area contributed by atoms with Crippen LogP contribution in [0, 0.1) is 0 Å². The molecule has 0 fully saturated rings. The molecule has 0 amide bonds. The van der Waals surface area contributed by atoms with Crippen LogP contribution in [0.4, 0.5) is 0 Å². The second kappa shape index (κ2) is 3.89. The third-order valence-corrected chi connectivity index (χ3v) is 2.64. The van der Waals surface area contributed by atoms with Crippen molar-refractivity contribution in [1.82, 2.24) is 0 Å². The molecule has 0 saturated carbocycles.